The minimum absolute atomic E-state index is 0.0544. The normalized spacial score (nSPS) is 21.6. The summed E-state index contributed by atoms with van der Waals surface area (Å²) in [6.45, 7) is 6.31. The van der Waals surface area contributed by atoms with E-state index in [-0.39, 0.29) is 5.91 Å². The molecule has 2 aromatic heterocycles. The standard InChI is InChI=1S/C17H24N4OS/c1-10-9-11(2)19-16-13(10)14(18)15(23-16)17(22)21(4)12-5-7-20(3)8-6-12/h9,12H,5-8,18H2,1-4H3/p+2. The molecule has 3 heterocycles. The summed E-state index contributed by atoms with van der Waals surface area (Å²) in [5.41, 5.74) is 9.14. The van der Waals surface area contributed by atoms with E-state index in [1.165, 1.54) is 11.3 Å². The fraction of sp³-hybridized carbons (Fsp3) is 0.529. The highest BCUT2D eigenvalue weighted by atomic mass is 32.1. The van der Waals surface area contributed by atoms with E-state index in [2.05, 4.69) is 18.1 Å². The van der Waals surface area contributed by atoms with Gasteiger partial charge in [0.25, 0.3) is 10.7 Å². The number of aryl methyl sites for hydroxylation is 2. The van der Waals surface area contributed by atoms with E-state index >= 15 is 0 Å². The number of aromatic amines is 1. The number of hydrogen-bond acceptors (Lipinski definition) is 3. The summed E-state index contributed by atoms with van der Waals surface area (Å²) < 4.78 is 0. The van der Waals surface area contributed by atoms with Crippen LogP contribution in [0.25, 0.3) is 10.2 Å². The highest BCUT2D eigenvalue weighted by Crippen LogP contribution is 2.34. The molecule has 6 heteroatoms. The van der Waals surface area contributed by atoms with Crippen molar-refractivity contribution >= 4 is 33.1 Å². The van der Waals surface area contributed by atoms with Gasteiger partial charge in [0.15, 0.2) is 5.69 Å². The second-order valence-corrected chi connectivity index (χ2v) is 7.81. The monoisotopic (exact) mass is 334 g/mol. The third kappa shape index (κ3) is 2.93. The van der Waals surface area contributed by atoms with Gasteiger partial charge in [0, 0.05) is 38.9 Å². The van der Waals surface area contributed by atoms with Gasteiger partial charge in [-0.3, -0.25) is 4.79 Å². The van der Waals surface area contributed by atoms with Gasteiger partial charge in [0.05, 0.1) is 31.2 Å². The number of nitrogens with two attached hydrogens (primary N) is 1. The molecule has 1 aliphatic heterocycles. The molecule has 0 aliphatic carbocycles. The molecule has 0 saturated carbocycles. The number of piperidine rings is 1. The molecule has 0 atom stereocenters. The fourth-order valence-electron chi connectivity index (χ4n) is 3.50. The van der Waals surface area contributed by atoms with E-state index in [0.717, 1.165) is 47.4 Å². The van der Waals surface area contributed by atoms with Gasteiger partial charge in [-0.25, -0.2) is 0 Å². The molecule has 0 aromatic carbocycles. The molecule has 0 radical (unpaired) electrons. The number of likely N-dealkylation sites (tertiary alicyclic amines) is 1. The first-order chi connectivity index (χ1) is 10.9. The van der Waals surface area contributed by atoms with Crippen LogP contribution in [-0.4, -0.2) is 44.0 Å². The molecule has 124 valence electrons. The lowest BCUT2D eigenvalue weighted by Gasteiger charge is -2.33. The number of nitrogens with zero attached hydrogens (tertiary/aromatic N) is 1. The number of pyridine rings is 1. The predicted molar refractivity (Wildman–Crippen MR) is 94.0 cm³/mol. The first-order valence-corrected chi connectivity index (χ1v) is 9.00. The van der Waals surface area contributed by atoms with E-state index in [9.17, 15) is 4.79 Å². The van der Waals surface area contributed by atoms with Gasteiger partial charge < -0.3 is 15.5 Å². The van der Waals surface area contributed by atoms with Crippen LogP contribution in [0.2, 0.25) is 0 Å². The number of fused-ring (bicyclic) bond motifs is 1. The maximum atomic E-state index is 12.9. The summed E-state index contributed by atoms with van der Waals surface area (Å²) in [7, 11) is 4.13. The number of anilines is 1. The molecular weight excluding hydrogens is 308 g/mol. The summed E-state index contributed by atoms with van der Waals surface area (Å²) in [6, 6.07) is 2.39. The van der Waals surface area contributed by atoms with Crippen LogP contribution in [0.15, 0.2) is 6.07 Å². The molecule has 0 spiro atoms. The van der Waals surface area contributed by atoms with Crippen molar-refractivity contribution in [1.29, 1.82) is 0 Å². The van der Waals surface area contributed by atoms with Crippen molar-refractivity contribution in [2.75, 3.05) is 32.9 Å². The van der Waals surface area contributed by atoms with E-state index in [1.807, 2.05) is 25.8 Å². The first-order valence-electron chi connectivity index (χ1n) is 8.18. The van der Waals surface area contributed by atoms with E-state index in [1.54, 1.807) is 4.90 Å². The molecular formula is C17H26N4OS+2. The van der Waals surface area contributed by atoms with Gasteiger partial charge in [-0.1, -0.05) is 11.3 Å². The summed E-state index contributed by atoms with van der Waals surface area (Å²) in [5, 5.41) is 0.991. The zero-order valence-electron chi connectivity index (χ0n) is 14.3. The predicted octanol–water partition coefficient (Wildman–Crippen LogP) is 0.664. The van der Waals surface area contributed by atoms with Crippen LogP contribution in [-0.2, 0) is 0 Å². The highest BCUT2D eigenvalue weighted by Gasteiger charge is 2.30. The number of nitrogen functional groups attached to an aromatic ring is 1. The Balaban J connectivity index is 1.92. The zero-order valence-corrected chi connectivity index (χ0v) is 15.1. The summed E-state index contributed by atoms with van der Waals surface area (Å²) in [5.74, 6) is 0.0544. The molecule has 23 heavy (non-hydrogen) atoms. The Morgan fingerprint density at radius 1 is 1.39 bits per heavy atom. The number of thiophene rings is 1. The zero-order chi connectivity index (χ0) is 16.7. The number of quaternary nitrogens is 1. The molecule has 1 amide bonds. The van der Waals surface area contributed by atoms with Crippen LogP contribution in [0.3, 0.4) is 0 Å². The maximum Gasteiger partial charge on any atom is 0.270 e. The van der Waals surface area contributed by atoms with Crippen LogP contribution in [0.4, 0.5) is 5.69 Å². The lowest BCUT2D eigenvalue weighted by atomic mass is 10.0. The second-order valence-electron chi connectivity index (χ2n) is 6.79. The number of H-pyrrole nitrogens is 1. The molecule has 0 bridgehead atoms. The Hall–Kier alpha value is -1.66. The number of rotatable bonds is 2. The third-order valence-corrected chi connectivity index (χ3v) is 6.06. The SMILES string of the molecule is Cc1cc(C)c2c(N)c(C(=O)N(C)C3CC[NH+](C)CC3)sc2[nH+]1. The van der Waals surface area contributed by atoms with Crippen LogP contribution in [0.1, 0.15) is 33.8 Å². The second kappa shape index (κ2) is 6.09. The summed E-state index contributed by atoms with van der Waals surface area (Å²) in [4.78, 5) is 21.4. The van der Waals surface area contributed by atoms with Gasteiger partial charge in [-0.05, 0) is 12.5 Å². The van der Waals surface area contributed by atoms with E-state index < -0.39 is 0 Å². The van der Waals surface area contributed by atoms with Crippen molar-refractivity contribution in [2.45, 2.75) is 32.7 Å². The van der Waals surface area contributed by atoms with E-state index in [0.29, 0.717) is 16.6 Å². The van der Waals surface area contributed by atoms with Gasteiger partial charge >= 0.3 is 0 Å². The van der Waals surface area contributed by atoms with Crippen molar-refractivity contribution in [2.24, 2.45) is 0 Å². The molecule has 4 N–H and O–H groups in total. The van der Waals surface area contributed by atoms with Crippen molar-refractivity contribution in [1.82, 2.24) is 4.90 Å². The fourth-order valence-corrected chi connectivity index (χ4v) is 4.74. The van der Waals surface area contributed by atoms with Crippen molar-refractivity contribution in [3.8, 4) is 0 Å². The minimum Gasteiger partial charge on any atom is -0.397 e. The van der Waals surface area contributed by atoms with Crippen LogP contribution in [0.5, 0.6) is 0 Å². The molecule has 2 aromatic rings. The van der Waals surface area contributed by atoms with Crippen LogP contribution < -0.4 is 15.6 Å². The third-order valence-electron chi connectivity index (χ3n) is 4.95. The number of amides is 1. The topological polar surface area (TPSA) is 64.9 Å². The minimum atomic E-state index is 0.0544. The quantitative estimate of drug-likeness (QED) is 0.847. The molecule has 5 nitrogen and oxygen atoms in total. The average Bonchev–Trinajstić information content (AvgIpc) is 2.83. The summed E-state index contributed by atoms with van der Waals surface area (Å²) in [6.07, 6.45) is 2.12. The summed E-state index contributed by atoms with van der Waals surface area (Å²) >= 11 is 1.48. The molecule has 1 fully saturated rings. The van der Waals surface area contributed by atoms with Crippen LogP contribution >= 0.6 is 11.3 Å². The lowest BCUT2D eigenvalue weighted by molar-refractivity contribution is -0.885. The Kier molecular flexibility index (Phi) is 4.29. The van der Waals surface area contributed by atoms with Gasteiger partial charge in [-0.2, -0.15) is 4.98 Å². The largest absolute Gasteiger partial charge is 0.397 e. The molecule has 1 aliphatic rings. The number of nitrogens with one attached hydrogen (secondary N) is 2. The maximum absolute atomic E-state index is 12.9. The van der Waals surface area contributed by atoms with Gasteiger partial charge in [0.1, 0.15) is 4.88 Å². The van der Waals surface area contributed by atoms with E-state index in [4.69, 9.17) is 5.73 Å². The van der Waals surface area contributed by atoms with Crippen molar-refractivity contribution in [3.63, 3.8) is 0 Å². The van der Waals surface area contributed by atoms with Crippen LogP contribution in [0, 0.1) is 13.8 Å². The highest BCUT2D eigenvalue weighted by molar-refractivity contribution is 7.20. The van der Waals surface area contributed by atoms with Crippen molar-refractivity contribution in [3.05, 3.63) is 22.2 Å². The number of carbonyl (C=O) groups is 1. The number of hydrogen-bond donors (Lipinski definition) is 2. The average molecular weight is 334 g/mol. The van der Waals surface area contributed by atoms with Crippen molar-refractivity contribution < 1.29 is 14.7 Å². The number of aromatic nitrogens is 1. The molecule has 3 rings (SSSR count). The Morgan fingerprint density at radius 2 is 2.04 bits per heavy atom. The van der Waals surface area contributed by atoms with Gasteiger partial charge in [0.2, 0.25) is 0 Å². The number of carbonyl (C=O) groups excluding carboxylic acids is 1. The van der Waals surface area contributed by atoms with Gasteiger partial charge in [-0.15, -0.1) is 0 Å². The molecule has 0 unspecified atom stereocenters. The Bertz CT molecular complexity index is 747. The Labute approximate surface area is 141 Å². The molecule has 1 saturated heterocycles. The Morgan fingerprint density at radius 3 is 2.70 bits per heavy atom. The first kappa shape index (κ1) is 16.2. The lowest BCUT2D eigenvalue weighted by Crippen LogP contribution is -3.10. The smallest absolute Gasteiger partial charge is 0.270 e.